The van der Waals surface area contributed by atoms with Gasteiger partial charge in [-0.05, 0) is 42.2 Å². The first-order valence-corrected chi connectivity index (χ1v) is 7.40. The van der Waals surface area contributed by atoms with Crippen LogP contribution in [0.15, 0.2) is 66.7 Å². The average molecular weight is 273 g/mol. The molecule has 1 heterocycles. The Labute approximate surface area is 126 Å². The first kappa shape index (κ1) is 13.6. The second kappa shape index (κ2) is 5.92. The predicted octanol–water partition coefficient (Wildman–Crippen LogP) is 5.29. The first-order chi connectivity index (χ1) is 10.3. The summed E-state index contributed by atoms with van der Waals surface area (Å²) < 4.78 is 0. The van der Waals surface area contributed by atoms with Gasteiger partial charge in [0.05, 0.1) is 5.69 Å². The summed E-state index contributed by atoms with van der Waals surface area (Å²) in [6, 6.07) is 23.3. The minimum Gasteiger partial charge on any atom is -0.253 e. The van der Waals surface area contributed by atoms with Gasteiger partial charge >= 0.3 is 0 Å². The summed E-state index contributed by atoms with van der Waals surface area (Å²) in [7, 11) is 0. The summed E-state index contributed by atoms with van der Waals surface area (Å²) in [5.41, 5.74) is 7.15. The van der Waals surface area contributed by atoms with E-state index in [2.05, 4.69) is 74.5 Å². The third-order valence-electron chi connectivity index (χ3n) is 3.77. The molecule has 0 amide bonds. The number of benzene rings is 2. The second-order valence-electron chi connectivity index (χ2n) is 5.27. The Kier molecular flexibility index (Phi) is 3.83. The molecule has 2 aromatic carbocycles. The van der Waals surface area contributed by atoms with Crippen molar-refractivity contribution in [1.29, 1.82) is 0 Å². The minimum absolute atomic E-state index is 0.944. The van der Waals surface area contributed by atoms with E-state index >= 15 is 0 Å². The zero-order valence-corrected chi connectivity index (χ0v) is 12.5. The first-order valence-electron chi connectivity index (χ1n) is 7.40. The van der Waals surface area contributed by atoms with Crippen molar-refractivity contribution >= 4 is 0 Å². The highest BCUT2D eigenvalue weighted by atomic mass is 14.7. The summed E-state index contributed by atoms with van der Waals surface area (Å²) >= 11 is 0. The van der Waals surface area contributed by atoms with E-state index < -0.39 is 0 Å². The summed E-state index contributed by atoms with van der Waals surface area (Å²) in [6.45, 7) is 4.29. The number of hydrogen-bond acceptors (Lipinski definition) is 1. The molecule has 0 saturated carbocycles. The molecule has 0 aliphatic carbocycles. The molecule has 1 nitrogen and oxygen atoms in total. The van der Waals surface area contributed by atoms with E-state index in [1.54, 1.807) is 0 Å². The molecular weight excluding hydrogens is 254 g/mol. The van der Waals surface area contributed by atoms with Gasteiger partial charge in [0.15, 0.2) is 0 Å². The van der Waals surface area contributed by atoms with Crippen LogP contribution in [0.5, 0.6) is 0 Å². The maximum Gasteiger partial charge on any atom is 0.0714 e. The number of rotatable bonds is 3. The van der Waals surface area contributed by atoms with Gasteiger partial charge in [-0.2, -0.15) is 0 Å². The quantitative estimate of drug-likeness (QED) is 0.632. The van der Waals surface area contributed by atoms with E-state index in [9.17, 15) is 0 Å². The largest absolute Gasteiger partial charge is 0.253 e. The van der Waals surface area contributed by atoms with Crippen molar-refractivity contribution in [3.63, 3.8) is 0 Å². The van der Waals surface area contributed by atoms with Crippen molar-refractivity contribution in [3.05, 3.63) is 78.0 Å². The number of hydrogen-bond donors (Lipinski definition) is 0. The number of aryl methyl sites for hydroxylation is 2. The van der Waals surface area contributed by atoms with E-state index in [1.165, 1.54) is 22.3 Å². The molecule has 21 heavy (non-hydrogen) atoms. The van der Waals surface area contributed by atoms with Crippen molar-refractivity contribution < 1.29 is 0 Å². The fourth-order valence-corrected chi connectivity index (χ4v) is 2.56. The van der Waals surface area contributed by atoms with Crippen LogP contribution in [0.3, 0.4) is 0 Å². The van der Waals surface area contributed by atoms with Crippen molar-refractivity contribution in [1.82, 2.24) is 4.98 Å². The van der Waals surface area contributed by atoms with Gasteiger partial charge in [-0.15, -0.1) is 0 Å². The molecule has 1 heteroatoms. The summed E-state index contributed by atoms with van der Waals surface area (Å²) in [4.78, 5) is 4.81. The van der Waals surface area contributed by atoms with Gasteiger partial charge in [0, 0.05) is 11.3 Å². The van der Waals surface area contributed by atoms with E-state index in [-0.39, 0.29) is 0 Å². The van der Waals surface area contributed by atoms with Gasteiger partial charge in [-0.25, -0.2) is 0 Å². The molecule has 0 N–H and O–H groups in total. The van der Waals surface area contributed by atoms with Crippen molar-refractivity contribution in [3.8, 4) is 22.4 Å². The lowest BCUT2D eigenvalue weighted by molar-refractivity contribution is 1.04. The van der Waals surface area contributed by atoms with Gasteiger partial charge < -0.3 is 0 Å². The molecular formula is C20H19N. The van der Waals surface area contributed by atoms with Crippen LogP contribution in [0.4, 0.5) is 0 Å². The van der Waals surface area contributed by atoms with Gasteiger partial charge in [0.1, 0.15) is 0 Å². The summed E-state index contributed by atoms with van der Waals surface area (Å²) in [6.07, 6.45) is 0.944. The maximum absolute atomic E-state index is 4.81. The van der Waals surface area contributed by atoms with Crippen LogP contribution in [0.25, 0.3) is 22.4 Å². The van der Waals surface area contributed by atoms with Gasteiger partial charge in [0.25, 0.3) is 0 Å². The molecule has 0 aliphatic rings. The lowest BCUT2D eigenvalue weighted by Crippen LogP contribution is -1.94. The van der Waals surface area contributed by atoms with Crippen molar-refractivity contribution in [2.45, 2.75) is 20.3 Å². The Morgan fingerprint density at radius 3 is 2.24 bits per heavy atom. The smallest absolute Gasteiger partial charge is 0.0714 e. The molecule has 3 aromatic rings. The fourth-order valence-electron chi connectivity index (χ4n) is 2.56. The summed E-state index contributed by atoms with van der Waals surface area (Å²) in [5, 5.41) is 0. The van der Waals surface area contributed by atoms with Crippen LogP contribution in [-0.2, 0) is 6.42 Å². The second-order valence-corrected chi connectivity index (χ2v) is 5.27. The third-order valence-corrected chi connectivity index (χ3v) is 3.77. The molecule has 0 unspecified atom stereocenters. The van der Waals surface area contributed by atoms with Gasteiger partial charge in [0.2, 0.25) is 0 Å². The van der Waals surface area contributed by atoms with Crippen molar-refractivity contribution in [2.75, 3.05) is 0 Å². The average Bonchev–Trinajstić information content (AvgIpc) is 2.55. The topological polar surface area (TPSA) is 12.9 Å². The lowest BCUT2D eigenvalue weighted by Gasteiger charge is -2.10. The normalized spacial score (nSPS) is 10.6. The molecule has 0 bridgehead atoms. The van der Waals surface area contributed by atoms with Crippen LogP contribution >= 0.6 is 0 Å². The fraction of sp³-hybridized carbons (Fsp3) is 0.150. The molecule has 104 valence electrons. The molecule has 0 aliphatic heterocycles. The molecule has 0 fully saturated rings. The van der Waals surface area contributed by atoms with Crippen LogP contribution in [-0.4, -0.2) is 4.98 Å². The molecule has 1 aromatic heterocycles. The molecule has 0 spiro atoms. The zero-order valence-electron chi connectivity index (χ0n) is 12.5. The standard InChI is InChI=1S/C20H19N/c1-3-18-13-17(16-10-5-4-6-11-16)14-20(21-18)19-12-8-7-9-15(19)2/h4-14H,3H2,1-2H3. The Morgan fingerprint density at radius 1 is 0.810 bits per heavy atom. The maximum atomic E-state index is 4.81. The number of pyridine rings is 1. The predicted molar refractivity (Wildman–Crippen MR) is 89.2 cm³/mol. The van der Waals surface area contributed by atoms with Crippen LogP contribution in [0.2, 0.25) is 0 Å². The van der Waals surface area contributed by atoms with E-state index in [1.807, 2.05) is 6.07 Å². The van der Waals surface area contributed by atoms with Gasteiger partial charge in [-0.3, -0.25) is 4.98 Å². The summed E-state index contributed by atoms with van der Waals surface area (Å²) in [5.74, 6) is 0. The van der Waals surface area contributed by atoms with Crippen molar-refractivity contribution in [2.24, 2.45) is 0 Å². The Morgan fingerprint density at radius 2 is 1.52 bits per heavy atom. The van der Waals surface area contributed by atoms with Crippen LogP contribution in [0.1, 0.15) is 18.2 Å². The van der Waals surface area contributed by atoms with Crippen LogP contribution in [0, 0.1) is 6.92 Å². The Balaban J connectivity index is 2.17. The van der Waals surface area contributed by atoms with E-state index in [0.717, 1.165) is 17.8 Å². The molecule has 0 saturated heterocycles. The highest BCUT2D eigenvalue weighted by Gasteiger charge is 2.07. The number of aromatic nitrogens is 1. The SMILES string of the molecule is CCc1cc(-c2ccccc2)cc(-c2ccccc2C)n1. The highest BCUT2D eigenvalue weighted by molar-refractivity contribution is 5.72. The van der Waals surface area contributed by atoms with Gasteiger partial charge in [-0.1, -0.05) is 61.5 Å². The third kappa shape index (κ3) is 2.87. The molecule has 3 rings (SSSR count). The van der Waals surface area contributed by atoms with E-state index in [4.69, 9.17) is 4.98 Å². The highest BCUT2D eigenvalue weighted by Crippen LogP contribution is 2.27. The monoisotopic (exact) mass is 273 g/mol. The number of nitrogens with zero attached hydrogens (tertiary/aromatic N) is 1. The Hall–Kier alpha value is -2.41. The molecule has 0 radical (unpaired) electrons. The zero-order chi connectivity index (χ0) is 14.7. The van der Waals surface area contributed by atoms with Crippen LogP contribution < -0.4 is 0 Å². The Bertz CT molecular complexity index is 745. The molecule has 0 atom stereocenters. The minimum atomic E-state index is 0.944. The lowest BCUT2D eigenvalue weighted by atomic mass is 9.99. The van der Waals surface area contributed by atoms with E-state index in [0.29, 0.717) is 0 Å².